The van der Waals surface area contributed by atoms with Crippen LogP contribution >= 0.6 is 0 Å². The first kappa shape index (κ1) is 14.2. The Bertz CT molecular complexity index is 696. The highest BCUT2D eigenvalue weighted by Gasteiger charge is 2.08. The van der Waals surface area contributed by atoms with Gasteiger partial charge in [0.05, 0.1) is 0 Å². The van der Waals surface area contributed by atoms with Gasteiger partial charge in [0.2, 0.25) is 0 Å². The average molecular weight is 290 g/mol. The first-order chi connectivity index (χ1) is 10.6. The Morgan fingerprint density at radius 1 is 0.636 bits per heavy atom. The van der Waals surface area contributed by atoms with Crippen LogP contribution in [0.2, 0.25) is 0 Å². The van der Waals surface area contributed by atoms with Gasteiger partial charge in [0.1, 0.15) is 11.5 Å². The van der Waals surface area contributed by atoms with E-state index in [0.717, 1.165) is 11.1 Å². The van der Waals surface area contributed by atoms with Crippen molar-refractivity contribution in [1.29, 1.82) is 0 Å². The second-order valence-corrected chi connectivity index (χ2v) is 5.49. The molecule has 4 rings (SSSR count). The number of fused-ring (bicyclic) bond motifs is 1. The minimum Gasteiger partial charge on any atom is -0.508 e. The number of phenolic OH excluding ortho intramolecular Hbond substituents is 2. The quantitative estimate of drug-likeness (QED) is 0.550. The molecule has 2 nitrogen and oxygen atoms in total. The van der Waals surface area contributed by atoms with E-state index in [4.69, 9.17) is 0 Å². The van der Waals surface area contributed by atoms with Gasteiger partial charge < -0.3 is 10.2 Å². The molecule has 0 heterocycles. The van der Waals surface area contributed by atoms with Crippen LogP contribution in [-0.4, -0.2) is 10.2 Å². The smallest absolute Gasteiger partial charge is 0.115 e. The number of benzene rings is 3. The molecule has 0 radical (unpaired) electrons. The van der Waals surface area contributed by atoms with E-state index in [1.54, 1.807) is 24.3 Å². The first-order valence-corrected chi connectivity index (χ1v) is 7.32. The van der Waals surface area contributed by atoms with E-state index in [2.05, 4.69) is 31.2 Å². The molecule has 22 heavy (non-hydrogen) atoms. The summed E-state index contributed by atoms with van der Waals surface area (Å²) >= 11 is 0. The van der Waals surface area contributed by atoms with Crippen LogP contribution in [0.1, 0.15) is 24.0 Å². The van der Waals surface area contributed by atoms with E-state index in [-0.39, 0.29) is 17.4 Å². The molecule has 0 atom stereocenters. The van der Waals surface area contributed by atoms with Crippen LogP contribution in [-0.2, 0) is 0 Å². The van der Waals surface area contributed by atoms with Crippen LogP contribution in [0.5, 0.6) is 11.5 Å². The molecule has 0 unspecified atom stereocenters. The molecule has 2 aliphatic rings. The normalized spacial score (nSPS) is 10.8. The van der Waals surface area contributed by atoms with Gasteiger partial charge >= 0.3 is 0 Å². The summed E-state index contributed by atoms with van der Waals surface area (Å²) in [4.78, 5) is 0. The van der Waals surface area contributed by atoms with Gasteiger partial charge in [-0.25, -0.2) is 0 Å². The van der Waals surface area contributed by atoms with Gasteiger partial charge in [0.15, 0.2) is 0 Å². The molecule has 0 saturated carbocycles. The Balaban J connectivity index is 0.000000196. The lowest BCUT2D eigenvalue weighted by Gasteiger charge is -2.12. The van der Waals surface area contributed by atoms with Crippen LogP contribution in [0.4, 0.5) is 0 Å². The largest absolute Gasteiger partial charge is 0.508 e. The Kier molecular flexibility index (Phi) is 3.84. The van der Waals surface area contributed by atoms with Gasteiger partial charge in [-0.3, -0.25) is 0 Å². The Morgan fingerprint density at radius 2 is 1.05 bits per heavy atom. The summed E-state index contributed by atoms with van der Waals surface area (Å²) in [5.41, 5.74) is 5.14. The van der Waals surface area contributed by atoms with Crippen molar-refractivity contribution in [2.75, 3.05) is 0 Å². The molecule has 0 spiro atoms. The first-order valence-electron chi connectivity index (χ1n) is 7.32. The van der Waals surface area contributed by atoms with Crippen molar-refractivity contribution < 1.29 is 10.2 Å². The standard InChI is InChI=1S/C14H14O2.C6H4/c1-10(11-2-6-13(15)7-3-11)12-4-8-14(16)9-5-12;1-2-5-4-6(5)3-1/h2-10,15-16H,1H3;1-4H. The van der Waals surface area contributed by atoms with Crippen molar-refractivity contribution in [2.24, 2.45) is 0 Å². The van der Waals surface area contributed by atoms with Crippen LogP contribution in [0.3, 0.4) is 0 Å². The molecule has 2 aromatic carbocycles. The summed E-state index contributed by atoms with van der Waals surface area (Å²) in [5, 5.41) is 18.4. The number of phenols is 2. The van der Waals surface area contributed by atoms with Gasteiger partial charge in [-0.15, -0.1) is 0 Å². The van der Waals surface area contributed by atoms with Gasteiger partial charge in [-0.05, 0) is 52.6 Å². The van der Waals surface area contributed by atoms with Crippen LogP contribution < -0.4 is 0 Å². The van der Waals surface area contributed by atoms with Gasteiger partial charge in [-0.2, -0.15) is 0 Å². The van der Waals surface area contributed by atoms with Crippen LogP contribution in [0, 0.1) is 0 Å². The summed E-state index contributed by atoms with van der Waals surface area (Å²) in [6.45, 7) is 2.10. The van der Waals surface area contributed by atoms with E-state index < -0.39 is 0 Å². The topological polar surface area (TPSA) is 40.5 Å². The van der Waals surface area contributed by atoms with Gasteiger partial charge in [-0.1, -0.05) is 49.4 Å². The zero-order valence-corrected chi connectivity index (χ0v) is 12.4. The fourth-order valence-electron chi connectivity index (χ4n) is 2.39. The monoisotopic (exact) mass is 290 g/mol. The molecular weight excluding hydrogens is 272 g/mol. The summed E-state index contributed by atoms with van der Waals surface area (Å²) < 4.78 is 0. The van der Waals surface area contributed by atoms with Crippen LogP contribution in [0.15, 0.2) is 72.8 Å². The van der Waals surface area contributed by atoms with Crippen molar-refractivity contribution in [3.05, 3.63) is 83.9 Å². The molecule has 0 aromatic heterocycles. The third kappa shape index (κ3) is 3.29. The molecule has 0 fully saturated rings. The van der Waals surface area contributed by atoms with Crippen LogP contribution in [0.25, 0.3) is 11.1 Å². The fraction of sp³-hybridized carbons (Fsp3) is 0.100. The predicted molar refractivity (Wildman–Crippen MR) is 89.2 cm³/mol. The highest BCUT2D eigenvalue weighted by Crippen LogP contribution is 2.32. The van der Waals surface area contributed by atoms with Crippen molar-refractivity contribution in [3.63, 3.8) is 0 Å². The highest BCUT2D eigenvalue weighted by atomic mass is 16.3. The lowest BCUT2D eigenvalue weighted by molar-refractivity contribution is 0.475. The molecule has 0 saturated heterocycles. The molecule has 2 aliphatic carbocycles. The Labute approximate surface area is 130 Å². The molecule has 2 aromatic rings. The summed E-state index contributed by atoms with van der Waals surface area (Å²) in [5.74, 6) is 0.810. The van der Waals surface area contributed by atoms with Crippen molar-refractivity contribution >= 4 is 0 Å². The Hall–Kier alpha value is -2.74. The molecule has 110 valence electrons. The maximum absolute atomic E-state index is 9.21. The molecular formula is C20H18O2. The summed E-state index contributed by atoms with van der Waals surface area (Å²) in [7, 11) is 0. The van der Waals surface area contributed by atoms with E-state index in [1.165, 1.54) is 11.1 Å². The lowest BCUT2D eigenvalue weighted by Crippen LogP contribution is -1.94. The SMILES string of the molecule is CC(c1ccc(O)cc1)c1ccc(O)cc1.c1cc2cc-2c1. The number of aromatic hydroxyl groups is 2. The van der Waals surface area contributed by atoms with E-state index in [9.17, 15) is 10.2 Å². The third-order valence-corrected chi connectivity index (χ3v) is 3.90. The van der Waals surface area contributed by atoms with Crippen molar-refractivity contribution in [2.45, 2.75) is 12.8 Å². The molecule has 0 aliphatic heterocycles. The number of rotatable bonds is 2. The molecule has 2 heteroatoms. The van der Waals surface area contributed by atoms with Crippen molar-refractivity contribution in [1.82, 2.24) is 0 Å². The molecule has 0 bridgehead atoms. The highest BCUT2D eigenvalue weighted by molar-refractivity contribution is 5.80. The number of hydrogen-bond acceptors (Lipinski definition) is 2. The zero-order valence-electron chi connectivity index (χ0n) is 12.4. The minimum absolute atomic E-state index is 0.251. The van der Waals surface area contributed by atoms with E-state index in [0.29, 0.717) is 0 Å². The number of hydrogen-bond donors (Lipinski definition) is 2. The average Bonchev–Trinajstić information content (AvgIpc) is 3.14. The van der Waals surface area contributed by atoms with E-state index >= 15 is 0 Å². The second-order valence-electron chi connectivity index (χ2n) is 5.49. The second kappa shape index (κ2) is 5.94. The van der Waals surface area contributed by atoms with Gasteiger partial charge in [0, 0.05) is 5.92 Å². The molecule has 2 N–H and O–H groups in total. The zero-order chi connectivity index (χ0) is 15.5. The Morgan fingerprint density at radius 3 is 1.32 bits per heavy atom. The fourth-order valence-corrected chi connectivity index (χ4v) is 2.39. The van der Waals surface area contributed by atoms with Gasteiger partial charge in [0.25, 0.3) is 0 Å². The third-order valence-electron chi connectivity index (χ3n) is 3.90. The van der Waals surface area contributed by atoms with E-state index in [1.807, 2.05) is 24.3 Å². The maximum Gasteiger partial charge on any atom is 0.115 e. The minimum atomic E-state index is 0.251. The predicted octanol–water partition coefficient (Wildman–Crippen LogP) is 4.92. The lowest BCUT2D eigenvalue weighted by atomic mass is 9.93. The summed E-state index contributed by atoms with van der Waals surface area (Å²) in [6, 6.07) is 22.9. The summed E-state index contributed by atoms with van der Waals surface area (Å²) in [6.07, 6.45) is 0. The van der Waals surface area contributed by atoms with Crippen molar-refractivity contribution in [3.8, 4) is 22.6 Å². The maximum atomic E-state index is 9.21. The molecule has 0 amide bonds.